The van der Waals surface area contributed by atoms with Gasteiger partial charge in [0.05, 0.1) is 6.10 Å². The monoisotopic (exact) mass is 194 g/mol. The van der Waals surface area contributed by atoms with E-state index in [0.717, 1.165) is 25.7 Å². The normalized spacial score (nSPS) is 27.2. The number of aliphatic hydroxyl groups excluding tert-OH is 1. The SMILES string of the molecule is O[C@H]1CC[C@H](Oc2ncccn2)CC1. The van der Waals surface area contributed by atoms with Gasteiger partial charge in [0.1, 0.15) is 6.10 Å². The van der Waals surface area contributed by atoms with Gasteiger partial charge in [0.25, 0.3) is 0 Å². The first-order valence-electron chi connectivity index (χ1n) is 4.96. The van der Waals surface area contributed by atoms with Gasteiger partial charge in [0, 0.05) is 12.4 Å². The Hall–Kier alpha value is -1.16. The highest BCUT2D eigenvalue weighted by atomic mass is 16.5. The average molecular weight is 194 g/mol. The summed E-state index contributed by atoms with van der Waals surface area (Å²) in [7, 11) is 0. The summed E-state index contributed by atoms with van der Waals surface area (Å²) in [6, 6.07) is 2.20. The van der Waals surface area contributed by atoms with Gasteiger partial charge in [-0.3, -0.25) is 0 Å². The number of aromatic nitrogens is 2. The topological polar surface area (TPSA) is 55.2 Å². The van der Waals surface area contributed by atoms with Gasteiger partial charge >= 0.3 is 6.01 Å². The molecule has 0 radical (unpaired) electrons. The lowest BCUT2D eigenvalue weighted by atomic mass is 9.95. The molecule has 1 fully saturated rings. The standard InChI is InChI=1S/C10H14N2O2/c13-8-2-4-9(5-3-8)14-10-11-6-1-7-12-10/h1,6-9,13H,2-5H2/t8-,9-. The van der Waals surface area contributed by atoms with Gasteiger partial charge in [-0.05, 0) is 31.7 Å². The molecule has 1 aliphatic rings. The third-order valence-electron chi connectivity index (χ3n) is 2.46. The summed E-state index contributed by atoms with van der Waals surface area (Å²) < 4.78 is 5.57. The molecule has 1 aromatic heterocycles. The van der Waals surface area contributed by atoms with Gasteiger partial charge < -0.3 is 9.84 Å². The molecule has 1 heterocycles. The fraction of sp³-hybridized carbons (Fsp3) is 0.600. The molecule has 0 aromatic carbocycles. The first-order valence-corrected chi connectivity index (χ1v) is 4.96. The minimum Gasteiger partial charge on any atom is -0.460 e. The number of rotatable bonds is 2. The lowest BCUT2D eigenvalue weighted by Crippen LogP contribution is -2.27. The maximum atomic E-state index is 9.31. The number of aliphatic hydroxyl groups is 1. The third kappa shape index (κ3) is 2.42. The zero-order valence-electron chi connectivity index (χ0n) is 7.97. The van der Waals surface area contributed by atoms with Gasteiger partial charge in [0.15, 0.2) is 0 Å². The summed E-state index contributed by atoms with van der Waals surface area (Å²) in [5, 5.41) is 9.31. The van der Waals surface area contributed by atoms with E-state index in [9.17, 15) is 5.11 Å². The Morgan fingerprint density at radius 2 is 1.79 bits per heavy atom. The summed E-state index contributed by atoms with van der Waals surface area (Å²) >= 11 is 0. The van der Waals surface area contributed by atoms with E-state index in [0.29, 0.717) is 6.01 Å². The van der Waals surface area contributed by atoms with Gasteiger partial charge in [-0.15, -0.1) is 0 Å². The second kappa shape index (κ2) is 4.37. The van der Waals surface area contributed by atoms with Crippen molar-refractivity contribution in [1.29, 1.82) is 0 Å². The van der Waals surface area contributed by atoms with Gasteiger partial charge in [-0.25, -0.2) is 9.97 Å². The van der Waals surface area contributed by atoms with Crippen LogP contribution in [-0.4, -0.2) is 27.3 Å². The van der Waals surface area contributed by atoms with Crippen LogP contribution in [0.25, 0.3) is 0 Å². The van der Waals surface area contributed by atoms with Crippen molar-refractivity contribution < 1.29 is 9.84 Å². The molecule has 4 nitrogen and oxygen atoms in total. The minimum absolute atomic E-state index is 0.147. The number of nitrogens with zero attached hydrogens (tertiary/aromatic N) is 2. The predicted octanol–water partition coefficient (Wildman–Crippen LogP) is 1.16. The predicted molar refractivity (Wildman–Crippen MR) is 50.9 cm³/mol. The van der Waals surface area contributed by atoms with E-state index in [-0.39, 0.29) is 12.2 Å². The van der Waals surface area contributed by atoms with E-state index < -0.39 is 0 Å². The Morgan fingerprint density at radius 3 is 2.43 bits per heavy atom. The Bertz CT molecular complexity index is 271. The largest absolute Gasteiger partial charge is 0.460 e. The van der Waals surface area contributed by atoms with Crippen LogP contribution in [0.4, 0.5) is 0 Å². The highest BCUT2D eigenvalue weighted by Crippen LogP contribution is 2.21. The zero-order chi connectivity index (χ0) is 9.80. The molecule has 2 rings (SSSR count). The molecule has 14 heavy (non-hydrogen) atoms. The molecule has 0 atom stereocenters. The van der Waals surface area contributed by atoms with E-state index in [1.807, 2.05) is 0 Å². The van der Waals surface area contributed by atoms with Crippen LogP contribution in [0.3, 0.4) is 0 Å². The summed E-state index contributed by atoms with van der Waals surface area (Å²) in [4.78, 5) is 7.99. The van der Waals surface area contributed by atoms with Crippen LogP contribution < -0.4 is 4.74 Å². The summed E-state index contributed by atoms with van der Waals surface area (Å²) in [5.41, 5.74) is 0. The summed E-state index contributed by atoms with van der Waals surface area (Å²) in [6.45, 7) is 0. The van der Waals surface area contributed by atoms with Crippen molar-refractivity contribution in [1.82, 2.24) is 9.97 Å². The lowest BCUT2D eigenvalue weighted by molar-refractivity contribution is 0.0618. The first kappa shape index (κ1) is 9.40. The third-order valence-corrected chi connectivity index (χ3v) is 2.46. The molecule has 0 aliphatic heterocycles. The van der Waals surface area contributed by atoms with E-state index in [1.165, 1.54) is 0 Å². The van der Waals surface area contributed by atoms with Crippen molar-refractivity contribution in [2.75, 3.05) is 0 Å². The van der Waals surface area contributed by atoms with Gasteiger partial charge in [-0.2, -0.15) is 0 Å². The average Bonchev–Trinajstić information content (AvgIpc) is 2.23. The Morgan fingerprint density at radius 1 is 1.14 bits per heavy atom. The van der Waals surface area contributed by atoms with E-state index in [4.69, 9.17) is 4.74 Å². The number of ether oxygens (including phenoxy) is 1. The molecule has 0 unspecified atom stereocenters. The van der Waals surface area contributed by atoms with Crippen LogP contribution in [-0.2, 0) is 0 Å². The zero-order valence-corrected chi connectivity index (χ0v) is 7.97. The molecule has 0 saturated heterocycles. The molecule has 0 amide bonds. The van der Waals surface area contributed by atoms with E-state index in [2.05, 4.69) is 9.97 Å². The minimum atomic E-state index is -0.147. The summed E-state index contributed by atoms with van der Waals surface area (Å²) in [6.07, 6.45) is 6.76. The van der Waals surface area contributed by atoms with E-state index in [1.54, 1.807) is 18.5 Å². The smallest absolute Gasteiger partial charge is 0.316 e. The maximum absolute atomic E-state index is 9.31. The Kier molecular flexibility index (Phi) is 2.93. The van der Waals surface area contributed by atoms with Crippen molar-refractivity contribution in [2.45, 2.75) is 37.9 Å². The maximum Gasteiger partial charge on any atom is 0.316 e. The van der Waals surface area contributed by atoms with Crippen LogP contribution in [0.5, 0.6) is 6.01 Å². The second-order valence-electron chi connectivity index (χ2n) is 3.58. The fourth-order valence-electron chi connectivity index (χ4n) is 1.66. The van der Waals surface area contributed by atoms with Crippen molar-refractivity contribution in [2.24, 2.45) is 0 Å². The molecular formula is C10H14N2O2. The Balaban J connectivity index is 1.87. The number of hydrogen-bond acceptors (Lipinski definition) is 4. The quantitative estimate of drug-likeness (QED) is 0.767. The molecule has 0 spiro atoms. The molecular weight excluding hydrogens is 180 g/mol. The molecule has 1 saturated carbocycles. The highest BCUT2D eigenvalue weighted by molar-refractivity contribution is 4.94. The molecule has 1 aliphatic carbocycles. The van der Waals surface area contributed by atoms with E-state index >= 15 is 0 Å². The van der Waals surface area contributed by atoms with Crippen molar-refractivity contribution >= 4 is 0 Å². The second-order valence-corrected chi connectivity index (χ2v) is 3.58. The van der Waals surface area contributed by atoms with Crippen molar-refractivity contribution in [3.8, 4) is 6.01 Å². The van der Waals surface area contributed by atoms with Crippen molar-refractivity contribution in [3.05, 3.63) is 18.5 Å². The van der Waals surface area contributed by atoms with Gasteiger partial charge in [-0.1, -0.05) is 0 Å². The molecule has 4 heteroatoms. The molecule has 1 aromatic rings. The Labute approximate surface area is 83.0 Å². The van der Waals surface area contributed by atoms with Gasteiger partial charge in [0.2, 0.25) is 0 Å². The lowest BCUT2D eigenvalue weighted by Gasteiger charge is -2.24. The molecule has 1 N–H and O–H groups in total. The molecule has 0 bridgehead atoms. The molecule has 76 valence electrons. The van der Waals surface area contributed by atoms with Crippen LogP contribution in [0.1, 0.15) is 25.7 Å². The van der Waals surface area contributed by atoms with Crippen LogP contribution in [0.15, 0.2) is 18.5 Å². The van der Waals surface area contributed by atoms with Crippen LogP contribution >= 0.6 is 0 Å². The summed E-state index contributed by atoms with van der Waals surface area (Å²) in [5.74, 6) is 0. The van der Waals surface area contributed by atoms with Crippen molar-refractivity contribution in [3.63, 3.8) is 0 Å². The highest BCUT2D eigenvalue weighted by Gasteiger charge is 2.21. The van der Waals surface area contributed by atoms with Crippen LogP contribution in [0.2, 0.25) is 0 Å². The number of hydrogen-bond donors (Lipinski definition) is 1. The van der Waals surface area contributed by atoms with Crippen LogP contribution in [0, 0.1) is 0 Å². The first-order chi connectivity index (χ1) is 6.84. The fourth-order valence-corrected chi connectivity index (χ4v) is 1.66.